The van der Waals surface area contributed by atoms with Crippen LogP contribution in [0.25, 0.3) is 0 Å². The van der Waals surface area contributed by atoms with E-state index >= 15 is 0 Å². The topological polar surface area (TPSA) is 75.3 Å². The summed E-state index contributed by atoms with van der Waals surface area (Å²) in [5.74, 6) is -5.06. The number of benzene rings is 3. The van der Waals surface area contributed by atoms with Gasteiger partial charge in [-0.3, -0.25) is 9.52 Å². The first kappa shape index (κ1) is 20.3. The number of hydrogen-bond donors (Lipinski definition) is 2. The van der Waals surface area contributed by atoms with Crippen molar-refractivity contribution in [2.45, 2.75) is 4.90 Å². The van der Waals surface area contributed by atoms with Gasteiger partial charge in [0.15, 0.2) is 11.6 Å². The van der Waals surface area contributed by atoms with Crippen LogP contribution in [0.2, 0.25) is 0 Å². The van der Waals surface area contributed by atoms with Crippen LogP contribution in [0.3, 0.4) is 0 Å². The summed E-state index contributed by atoms with van der Waals surface area (Å²) in [6, 6.07) is 9.80. The van der Waals surface area contributed by atoms with Crippen LogP contribution in [0, 0.1) is 23.3 Å². The molecule has 5 nitrogen and oxygen atoms in total. The number of hydrogen-bond acceptors (Lipinski definition) is 3. The molecule has 2 N–H and O–H groups in total. The fourth-order valence-electron chi connectivity index (χ4n) is 2.37. The van der Waals surface area contributed by atoms with E-state index in [2.05, 4.69) is 10.0 Å². The van der Waals surface area contributed by atoms with E-state index in [4.69, 9.17) is 0 Å². The van der Waals surface area contributed by atoms with Gasteiger partial charge < -0.3 is 5.32 Å². The summed E-state index contributed by atoms with van der Waals surface area (Å²) in [7, 11) is -4.17. The maximum atomic E-state index is 13.3. The van der Waals surface area contributed by atoms with Gasteiger partial charge in [0.05, 0.1) is 4.90 Å². The second kappa shape index (κ2) is 7.92. The first-order valence-corrected chi connectivity index (χ1v) is 9.48. The average Bonchev–Trinajstić information content (AvgIpc) is 2.64. The molecule has 0 spiro atoms. The predicted octanol–water partition coefficient (Wildman–Crippen LogP) is 4.30. The largest absolute Gasteiger partial charge is 0.322 e. The number of carbonyl (C=O) groups excluding carboxylic acids is 1. The van der Waals surface area contributed by atoms with Crippen LogP contribution in [-0.2, 0) is 10.0 Å². The summed E-state index contributed by atoms with van der Waals surface area (Å²) < 4.78 is 79.3. The van der Waals surface area contributed by atoms with Crippen molar-refractivity contribution in [3.63, 3.8) is 0 Å². The molecule has 29 heavy (non-hydrogen) atoms. The van der Waals surface area contributed by atoms with E-state index in [9.17, 15) is 30.8 Å². The lowest BCUT2D eigenvalue weighted by Crippen LogP contribution is -2.14. The minimum atomic E-state index is -4.17. The lowest BCUT2D eigenvalue weighted by Gasteiger charge is -2.10. The second-order valence-electron chi connectivity index (χ2n) is 5.87. The van der Waals surface area contributed by atoms with Crippen molar-refractivity contribution in [2.24, 2.45) is 0 Å². The molecular formula is C19H12F4N2O3S. The Morgan fingerprint density at radius 3 is 1.90 bits per heavy atom. The van der Waals surface area contributed by atoms with Crippen LogP contribution in [0.4, 0.5) is 28.9 Å². The molecule has 0 bridgehead atoms. The fraction of sp³-hybridized carbons (Fsp3) is 0. The maximum absolute atomic E-state index is 13.3. The Kier molecular flexibility index (Phi) is 5.55. The predicted molar refractivity (Wildman–Crippen MR) is 97.9 cm³/mol. The highest BCUT2D eigenvalue weighted by Crippen LogP contribution is 2.20. The highest BCUT2D eigenvalue weighted by atomic mass is 32.2. The van der Waals surface area contributed by atoms with Crippen molar-refractivity contribution in [3.05, 3.63) is 89.5 Å². The lowest BCUT2D eigenvalue weighted by molar-refractivity contribution is 0.102. The first-order chi connectivity index (χ1) is 13.6. The molecule has 0 atom stereocenters. The SMILES string of the molecule is O=C(Nc1ccc(NS(=O)(=O)c2ccc(F)c(F)c2)cc1)c1cc(F)cc(F)c1. The molecule has 3 aromatic carbocycles. The van der Waals surface area contributed by atoms with Gasteiger partial charge in [0.1, 0.15) is 11.6 Å². The maximum Gasteiger partial charge on any atom is 0.261 e. The molecule has 3 rings (SSSR count). The lowest BCUT2D eigenvalue weighted by atomic mass is 10.2. The van der Waals surface area contributed by atoms with Crippen molar-refractivity contribution < 1.29 is 30.8 Å². The van der Waals surface area contributed by atoms with Gasteiger partial charge in [-0.05, 0) is 54.6 Å². The van der Waals surface area contributed by atoms with Crippen molar-refractivity contribution in [3.8, 4) is 0 Å². The quantitative estimate of drug-likeness (QED) is 0.600. The molecular weight excluding hydrogens is 412 g/mol. The molecule has 0 aliphatic carbocycles. The molecule has 0 heterocycles. The summed E-state index contributed by atoms with van der Waals surface area (Å²) in [6.07, 6.45) is 0. The van der Waals surface area contributed by atoms with Gasteiger partial charge in [0.25, 0.3) is 15.9 Å². The molecule has 10 heteroatoms. The molecule has 0 aliphatic heterocycles. The standard InChI is InChI=1S/C19H12F4N2O3S/c20-12-7-11(8-13(21)9-12)19(26)24-14-1-3-15(4-2-14)25-29(27,28)16-5-6-17(22)18(23)10-16/h1-10,25H,(H,24,26). The number of nitrogens with one attached hydrogen (secondary N) is 2. The molecule has 3 aromatic rings. The van der Waals surface area contributed by atoms with Crippen molar-refractivity contribution in [2.75, 3.05) is 10.0 Å². The van der Waals surface area contributed by atoms with Gasteiger partial charge in [-0.25, -0.2) is 26.0 Å². The Hall–Kier alpha value is -3.40. The Balaban J connectivity index is 1.72. The zero-order valence-electron chi connectivity index (χ0n) is 14.4. The Morgan fingerprint density at radius 2 is 1.31 bits per heavy atom. The van der Waals surface area contributed by atoms with E-state index in [1.165, 1.54) is 24.3 Å². The van der Waals surface area contributed by atoms with Crippen LogP contribution in [-0.4, -0.2) is 14.3 Å². The van der Waals surface area contributed by atoms with E-state index in [0.717, 1.165) is 18.2 Å². The van der Waals surface area contributed by atoms with Gasteiger partial charge in [-0.1, -0.05) is 0 Å². The van der Waals surface area contributed by atoms with Gasteiger partial charge in [0, 0.05) is 23.0 Å². The Labute approximate surface area is 163 Å². The molecule has 1 amide bonds. The molecule has 0 unspecified atom stereocenters. The minimum absolute atomic E-state index is 0.0875. The zero-order chi connectivity index (χ0) is 21.2. The highest BCUT2D eigenvalue weighted by Gasteiger charge is 2.17. The van der Waals surface area contributed by atoms with E-state index in [1.54, 1.807) is 0 Å². The normalized spacial score (nSPS) is 11.2. The first-order valence-electron chi connectivity index (χ1n) is 7.99. The summed E-state index contributed by atoms with van der Waals surface area (Å²) in [5.41, 5.74) is 0.0885. The van der Waals surface area contributed by atoms with Crippen molar-refractivity contribution >= 4 is 27.3 Å². The molecule has 150 valence electrons. The van der Waals surface area contributed by atoms with E-state index in [1.807, 2.05) is 0 Å². The molecule has 0 saturated heterocycles. The summed E-state index contributed by atoms with van der Waals surface area (Å²) >= 11 is 0. The number of carbonyl (C=O) groups is 1. The smallest absolute Gasteiger partial charge is 0.261 e. The van der Waals surface area contributed by atoms with Gasteiger partial charge in [-0.2, -0.15) is 0 Å². The molecule has 0 fully saturated rings. The summed E-state index contributed by atoms with van der Waals surface area (Å²) in [4.78, 5) is 11.6. The number of amides is 1. The van der Waals surface area contributed by atoms with Crippen LogP contribution in [0.5, 0.6) is 0 Å². The monoisotopic (exact) mass is 424 g/mol. The van der Waals surface area contributed by atoms with E-state index in [-0.39, 0.29) is 16.9 Å². The average molecular weight is 424 g/mol. The van der Waals surface area contributed by atoms with Crippen LogP contribution < -0.4 is 10.0 Å². The van der Waals surface area contributed by atoms with E-state index in [0.29, 0.717) is 18.2 Å². The third-order valence-corrected chi connectivity index (χ3v) is 5.10. The number of anilines is 2. The third-order valence-electron chi connectivity index (χ3n) is 3.72. The summed E-state index contributed by atoms with van der Waals surface area (Å²) in [5, 5.41) is 2.41. The van der Waals surface area contributed by atoms with Crippen molar-refractivity contribution in [1.29, 1.82) is 0 Å². The van der Waals surface area contributed by atoms with Gasteiger partial charge in [0.2, 0.25) is 0 Å². The Bertz CT molecular complexity index is 1160. The molecule has 0 aliphatic rings. The van der Waals surface area contributed by atoms with Crippen LogP contribution in [0.1, 0.15) is 10.4 Å². The van der Waals surface area contributed by atoms with Crippen molar-refractivity contribution in [1.82, 2.24) is 0 Å². The van der Waals surface area contributed by atoms with E-state index < -0.39 is 44.1 Å². The van der Waals surface area contributed by atoms with Crippen LogP contribution >= 0.6 is 0 Å². The van der Waals surface area contributed by atoms with Gasteiger partial charge in [-0.15, -0.1) is 0 Å². The highest BCUT2D eigenvalue weighted by molar-refractivity contribution is 7.92. The van der Waals surface area contributed by atoms with Gasteiger partial charge >= 0.3 is 0 Å². The zero-order valence-corrected chi connectivity index (χ0v) is 15.2. The number of halogens is 4. The third kappa shape index (κ3) is 4.91. The molecule has 0 aromatic heterocycles. The number of sulfonamides is 1. The molecule has 0 radical (unpaired) electrons. The second-order valence-corrected chi connectivity index (χ2v) is 7.55. The number of rotatable bonds is 5. The van der Waals surface area contributed by atoms with Crippen LogP contribution in [0.15, 0.2) is 65.6 Å². The Morgan fingerprint density at radius 1 is 0.724 bits per heavy atom. The minimum Gasteiger partial charge on any atom is -0.322 e. The molecule has 0 saturated carbocycles. The summed E-state index contributed by atoms with van der Waals surface area (Å²) in [6.45, 7) is 0. The fourth-order valence-corrected chi connectivity index (χ4v) is 3.44.